The van der Waals surface area contributed by atoms with E-state index < -0.39 is 19.5 Å². The van der Waals surface area contributed by atoms with Crippen LogP contribution in [0.2, 0.25) is 4.71 Å². The van der Waals surface area contributed by atoms with E-state index >= 15 is 0 Å². The number of aliphatic hydroxyl groups is 1. The standard InChI is InChI=1S/C20H38AsN2O5P/c1-14(2)18(21)20(26)23-10-6-9-17(23)19(25)22-11-16(24)13-29(27,28)12-15-7-4-3-5-8-15/h14-18,24H,3-13,21H2,1-2H3,(H,22,25)(H,27,28)/t16-,17+,18+/m1/s1. The SMILES string of the molecule is CC(C)[C@H]([AsH2])C(=O)N1CCC[C@H]1C(=O)NC[C@@H](O)CP(=O)(O)CC1CCCCC1. The number of amides is 2. The van der Waals surface area contributed by atoms with Gasteiger partial charge < -0.3 is 0 Å². The van der Waals surface area contributed by atoms with Crippen LogP contribution in [-0.2, 0) is 14.2 Å². The predicted octanol–water partition coefficient (Wildman–Crippen LogP) is 1.38. The summed E-state index contributed by atoms with van der Waals surface area (Å²) >= 11 is 1.38. The van der Waals surface area contributed by atoms with Gasteiger partial charge in [-0.05, 0) is 12.8 Å². The van der Waals surface area contributed by atoms with Crippen LogP contribution in [0.1, 0.15) is 58.8 Å². The molecule has 1 aliphatic carbocycles. The minimum atomic E-state index is -3.42. The van der Waals surface area contributed by atoms with Crippen molar-refractivity contribution in [2.75, 3.05) is 25.4 Å². The van der Waals surface area contributed by atoms with E-state index in [0.717, 1.165) is 32.1 Å². The molecule has 0 spiro atoms. The van der Waals surface area contributed by atoms with Gasteiger partial charge in [-0.2, -0.15) is 0 Å². The van der Waals surface area contributed by atoms with Gasteiger partial charge >= 0.3 is 151 Å². The monoisotopic (exact) mass is 492 g/mol. The number of hydrogen-bond acceptors (Lipinski definition) is 4. The average Bonchev–Trinajstić information content (AvgIpc) is 3.14. The molecule has 5 atom stereocenters. The van der Waals surface area contributed by atoms with Crippen LogP contribution in [0.5, 0.6) is 0 Å². The van der Waals surface area contributed by atoms with E-state index in [1.54, 1.807) is 4.90 Å². The number of nitrogens with one attached hydrogen (secondary N) is 1. The number of likely N-dealkylation sites (tertiary alicyclic amines) is 1. The van der Waals surface area contributed by atoms with Gasteiger partial charge in [0.05, 0.1) is 0 Å². The summed E-state index contributed by atoms with van der Waals surface area (Å²) in [6.45, 7) is 4.54. The third-order valence-electron chi connectivity index (χ3n) is 6.12. The molecule has 1 saturated heterocycles. The summed E-state index contributed by atoms with van der Waals surface area (Å²) in [4.78, 5) is 37.2. The van der Waals surface area contributed by atoms with E-state index in [-0.39, 0.29) is 47.2 Å². The Morgan fingerprint density at radius 2 is 1.83 bits per heavy atom. The molecule has 0 bridgehead atoms. The minimum absolute atomic E-state index is 0.0190. The molecule has 1 aliphatic heterocycles. The third-order valence-corrected chi connectivity index (χ3v) is 10.4. The van der Waals surface area contributed by atoms with Crippen LogP contribution in [0.15, 0.2) is 0 Å². The molecule has 0 aromatic rings. The van der Waals surface area contributed by atoms with Gasteiger partial charge in [-0.25, -0.2) is 0 Å². The molecule has 9 heteroatoms. The molecule has 1 heterocycles. The number of hydrogen-bond donors (Lipinski definition) is 3. The zero-order valence-corrected chi connectivity index (χ0v) is 21.1. The van der Waals surface area contributed by atoms with Gasteiger partial charge in [-0.1, -0.05) is 19.3 Å². The van der Waals surface area contributed by atoms with Crippen LogP contribution in [0.3, 0.4) is 0 Å². The summed E-state index contributed by atoms with van der Waals surface area (Å²) in [6.07, 6.45) is 5.80. The van der Waals surface area contributed by atoms with E-state index in [4.69, 9.17) is 0 Å². The van der Waals surface area contributed by atoms with Crippen molar-refractivity contribution in [1.82, 2.24) is 10.2 Å². The van der Waals surface area contributed by atoms with Crippen molar-refractivity contribution >= 4 is 36.0 Å². The molecule has 1 saturated carbocycles. The fraction of sp³-hybridized carbons (Fsp3) is 0.900. The van der Waals surface area contributed by atoms with E-state index in [1.807, 2.05) is 13.8 Å². The molecule has 2 fully saturated rings. The second kappa shape index (κ2) is 11.3. The number of carbonyl (C=O) groups excluding carboxylic acids is 2. The van der Waals surface area contributed by atoms with Crippen LogP contribution < -0.4 is 5.32 Å². The van der Waals surface area contributed by atoms with Crippen molar-refractivity contribution in [3.05, 3.63) is 0 Å². The number of rotatable bonds is 9. The number of aliphatic hydroxyl groups excluding tert-OH is 1. The Morgan fingerprint density at radius 1 is 1.17 bits per heavy atom. The van der Waals surface area contributed by atoms with Crippen molar-refractivity contribution in [2.24, 2.45) is 11.8 Å². The summed E-state index contributed by atoms with van der Waals surface area (Å²) in [7, 11) is -3.42. The van der Waals surface area contributed by atoms with Crippen molar-refractivity contribution < 1.29 is 24.2 Å². The fourth-order valence-corrected chi connectivity index (χ4v) is 6.87. The van der Waals surface area contributed by atoms with E-state index in [1.165, 1.54) is 23.3 Å². The molecule has 2 aliphatic rings. The van der Waals surface area contributed by atoms with Gasteiger partial charge in [-0.3, -0.25) is 0 Å². The van der Waals surface area contributed by atoms with Crippen molar-refractivity contribution in [1.29, 1.82) is 0 Å². The second-order valence-electron chi connectivity index (χ2n) is 9.07. The fourth-order valence-electron chi connectivity index (χ4n) is 4.36. The molecule has 2 rings (SSSR count). The summed E-state index contributed by atoms with van der Waals surface area (Å²) in [5.74, 6) is 0.240. The van der Waals surface area contributed by atoms with Crippen LogP contribution in [0.25, 0.3) is 0 Å². The quantitative estimate of drug-likeness (QED) is 0.333. The number of nitrogens with zero attached hydrogens (tertiary/aromatic N) is 1. The molecule has 0 aromatic heterocycles. The second-order valence-corrected chi connectivity index (χ2v) is 13.0. The Morgan fingerprint density at radius 3 is 2.45 bits per heavy atom. The first kappa shape index (κ1) is 24.9. The molecule has 7 nitrogen and oxygen atoms in total. The molecule has 2 amide bonds. The van der Waals surface area contributed by atoms with Crippen molar-refractivity contribution in [2.45, 2.75) is 75.6 Å². The first-order chi connectivity index (χ1) is 13.6. The van der Waals surface area contributed by atoms with Gasteiger partial charge in [0, 0.05) is 0 Å². The maximum atomic E-state index is 12.7. The minimum Gasteiger partial charge on any atom is -0.0533 e. The van der Waals surface area contributed by atoms with Crippen LogP contribution in [0, 0.1) is 11.8 Å². The van der Waals surface area contributed by atoms with Gasteiger partial charge in [-0.15, -0.1) is 0 Å². The van der Waals surface area contributed by atoms with E-state index in [2.05, 4.69) is 5.32 Å². The summed E-state index contributed by atoms with van der Waals surface area (Å²) in [5.41, 5.74) is 0. The first-order valence-corrected chi connectivity index (χ1v) is 14.4. The molecule has 0 radical (unpaired) electrons. The van der Waals surface area contributed by atoms with Gasteiger partial charge in [0.2, 0.25) is 0 Å². The Balaban J connectivity index is 1.81. The summed E-state index contributed by atoms with van der Waals surface area (Å²) in [5, 5.41) is 12.9. The van der Waals surface area contributed by atoms with Gasteiger partial charge in [0.1, 0.15) is 0 Å². The van der Waals surface area contributed by atoms with Crippen LogP contribution in [-0.4, -0.2) is 81.1 Å². The topological polar surface area (TPSA) is 107 Å². The summed E-state index contributed by atoms with van der Waals surface area (Å²) < 4.78 is 12.4. The van der Waals surface area contributed by atoms with Gasteiger partial charge in [0.15, 0.2) is 0 Å². The van der Waals surface area contributed by atoms with Crippen LogP contribution in [0.4, 0.5) is 0 Å². The van der Waals surface area contributed by atoms with E-state index in [9.17, 15) is 24.2 Å². The smallest absolute Gasteiger partial charge is 0.0533 e. The van der Waals surface area contributed by atoms with Gasteiger partial charge in [0.25, 0.3) is 0 Å². The van der Waals surface area contributed by atoms with Crippen molar-refractivity contribution in [3.63, 3.8) is 0 Å². The molecular formula is C20H38AsN2O5P. The molecule has 168 valence electrons. The Bertz CT molecular complexity index is 612. The zero-order chi connectivity index (χ0) is 21.6. The third kappa shape index (κ3) is 7.69. The number of carbonyl (C=O) groups is 2. The Hall–Kier alpha value is -0.352. The molecular weight excluding hydrogens is 454 g/mol. The zero-order valence-electron chi connectivity index (χ0n) is 17.8. The van der Waals surface area contributed by atoms with E-state index in [0.29, 0.717) is 13.0 Å². The first-order valence-electron chi connectivity index (χ1n) is 10.9. The Kier molecular flexibility index (Phi) is 9.72. The predicted molar refractivity (Wildman–Crippen MR) is 117 cm³/mol. The Labute approximate surface area is 183 Å². The average molecular weight is 492 g/mol. The molecule has 29 heavy (non-hydrogen) atoms. The molecule has 3 N–H and O–H groups in total. The summed E-state index contributed by atoms with van der Waals surface area (Å²) in [6, 6.07) is -0.505. The molecule has 0 aromatic carbocycles. The maximum absolute atomic E-state index is 12.7. The normalized spacial score (nSPS) is 24.9. The van der Waals surface area contributed by atoms with Crippen LogP contribution >= 0.6 is 7.37 Å². The van der Waals surface area contributed by atoms with Crippen molar-refractivity contribution in [3.8, 4) is 0 Å². The molecule has 2 unspecified atom stereocenters.